The highest BCUT2D eigenvalue weighted by molar-refractivity contribution is 5.52. The van der Waals surface area contributed by atoms with E-state index in [1.54, 1.807) is 6.07 Å². The Bertz CT molecular complexity index is 596. The van der Waals surface area contributed by atoms with Crippen molar-refractivity contribution in [3.8, 4) is 11.5 Å². The van der Waals surface area contributed by atoms with Crippen LogP contribution in [0.5, 0.6) is 11.5 Å². The number of aryl methyl sites for hydroxylation is 1. The van der Waals surface area contributed by atoms with Crippen LogP contribution in [0.4, 0.5) is 5.69 Å². The van der Waals surface area contributed by atoms with Crippen molar-refractivity contribution in [3.63, 3.8) is 0 Å². The van der Waals surface area contributed by atoms with Crippen LogP contribution in [-0.4, -0.2) is 18.3 Å². The molecule has 0 fully saturated rings. The number of hydrogen-bond donors (Lipinski definition) is 1. The van der Waals surface area contributed by atoms with Gasteiger partial charge >= 0.3 is 0 Å². The van der Waals surface area contributed by atoms with Crippen LogP contribution < -0.4 is 9.64 Å². The zero-order chi connectivity index (χ0) is 15.2. The predicted molar refractivity (Wildman–Crippen MR) is 87.2 cm³/mol. The second kappa shape index (κ2) is 7.02. The Kier molecular flexibility index (Phi) is 5.09. The largest absolute Gasteiger partial charge is 0.504 e. The van der Waals surface area contributed by atoms with E-state index < -0.39 is 0 Å². The fourth-order valence-electron chi connectivity index (χ4n) is 2.38. The second-order valence-corrected chi connectivity index (χ2v) is 5.05. The fraction of sp³-hybridized carbons (Fsp3) is 0.333. The average molecular weight is 285 g/mol. The third-order valence-electron chi connectivity index (χ3n) is 3.49. The van der Waals surface area contributed by atoms with Gasteiger partial charge in [-0.3, -0.25) is 0 Å². The number of phenolic OH excluding ortho intramolecular Hbond substituents is 1. The van der Waals surface area contributed by atoms with E-state index in [1.165, 1.54) is 11.3 Å². The lowest BCUT2D eigenvalue weighted by Crippen LogP contribution is -2.22. The van der Waals surface area contributed by atoms with Crippen LogP contribution in [0.2, 0.25) is 0 Å². The van der Waals surface area contributed by atoms with Gasteiger partial charge in [0.25, 0.3) is 0 Å². The molecule has 0 atom stereocenters. The number of benzene rings is 2. The van der Waals surface area contributed by atoms with Crippen LogP contribution in [0.3, 0.4) is 0 Å². The van der Waals surface area contributed by atoms with Gasteiger partial charge in [0.1, 0.15) is 0 Å². The van der Waals surface area contributed by atoms with Crippen molar-refractivity contribution in [2.24, 2.45) is 0 Å². The Morgan fingerprint density at radius 3 is 2.52 bits per heavy atom. The lowest BCUT2D eigenvalue weighted by atomic mass is 10.1. The Morgan fingerprint density at radius 1 is 1.10 bits per heavy atom. The molecule has 0 heterocycles. The summed E-state index contributed by atoms with van der Waals surface area (Å²) in [6.07, 6.45) is 0. The van der Waals surface area contributed by atoms with Crippen molar-refractivity contribution in [1.82, 2.24) is 0 Å². The third kappa shape index (κ3) is 3.69. The molecule has 0 bridgehead atoms. The highest BCUT2D eigenvalue weighted by atomic mass is 16.5. The van der Waals surface area contributed by atoms with Crippen molar-refractivity contribution >= 4 is 5.69 Å². The number of ether oxygens (including phenoxy) is 1. The Balaban J connectivity index is 2.25. The maximum atomic E-state index is 10.3. The van der Waals surface area contributed by atoms with Crippen LogP contribution in [0.1, 0.15) is 25.0 Å². The summed E-state index contributed by atoms with van der Waals surface area (Å²) >= 11 is 0. The molecule has 0 saturated heterocycles. The molecule has 0 saturated carbocycles. The number of rotatable bonds is 6. The molecule has 2 rings (SSSR count). The van der Waals surface area contributed by atoms with E-state index in [0.717, 1.165) is 12.1 Å². The number of aromatic hydroxyl groups is 1. The van der Waals surface area contributed by atoms with Crippen LogP contribution in [0, 0.1) is 6.92 Å². The van der Waals surface area contributed by atoms with E-state index in [4.69, 9.17) is 4.74 Å². The molecule has 0 aliphatic heterocycles. The standard InChI is InChI=1S/C18H23NO2/c1-4-19(16-10-6-8-14(3)12-16)13-15-9-7-11-17(18(15)20)21-5-2/h6-12,20H,4-5,13H2,1-3H3. The van der Waals surface area contributed by atoms with Gasteiger partial charge < -0.3 is 14.7 Å². The summed E-state index contributed by atoms with van der Waals surface area (Å²) in [5.74, 6) is 0.792. The number of hydrogen-bond acceptors (Lipinski definition) is 3. The number of phenols is 1. The lowest BCUT2D eigenvalue weighted by Gasteiger charge is -2.24. The first-order chi connectivity index (χ1) is 10.2. The van der Waals surface area contributed by atoms with Gasteiger partial charge in [0.05, 0.1) is 6.61 Å². The molecule has 0 aliphatic rings. The van der Waals surface area contributed by atoms with Crippen molar-refractivity contribution in [2.75, 3.05) is 18.1 Å². The molecule has 1 N–H and O–H groups in total. The summed E-state index contributed by atoms with van der Waals surface area (Å²) in [5, 5.41) is 10.3. The van der Waals surface area contributed by atoms with E-state index in [9.17, 15) is 5.11 Å². The van der Waals surface area contributed by atoms with Gasteiger partial charge in [-0.1, -0.05) is 24.3 Å². The second-order valence-electron chi connectivity index (χ2n) is 5.05. The molecule has 0 unspecified atom stereocenters. The molecule has 3 heteroatoms. The molecule has 0 amide bonds. The third-order valence-corrected chi connectivity index (χ3v) is 3.49. The topological polar surface area (TPSA) is 32.7 Å². The molecule has 2 aromatic carbocycles. The molecular formula is C18H23NO2. The van der Waals surface area contributed by atoms with E-state index in [2.05, 4.69) is 43.0 Å². The van der Waals surface area contributed by atoms with Crippen LogP contribution in [0.15, 0.2) is 42.5 Å². The molecule has 21 heavy (non-hydrogen) atoms. The Morgan fingerprint density at radius 2 is 1.86 bits per heavy atom. The number of para-hydroxylation sites is 1. The van der Waals surface area contributed by atoms with Gasteiger partial charge in [0, 0.05) is 24.3 Å². The van der Waals surface area contributed by atoms with Gasteiger partial charge in [0.15, 0.2) is 11.5 Å². The fourth-order valence-corrected chi connectivity index (χ4v) is 2.38. The lowest BCUT2D eigenvalue weighted by molar-refractivity contribution is 0.316. The molecular weight excluding hydrogens is 262 g/mol. The van der Waals surface area contributed by atoms with E-state index in [1.807, 2.05) is 19.1 Å². The van der Waals surface area contributed by atoms with Crippen LogP contribution in [-0.2, 0) is 6.54 Å². The van der Waals surface area contributed by atoms with Crippen molar-refractivity contribution in [3.05, 3.63) is 53.6 Å². The minimum absolute atomic E-state index is 0.241. The van der Waals surface area contributed by atoms with Gasteiger partial charge in [-0.05, 0) is 44.5 Å². The molecule has 3 nitrogen and oxygen atoms in total. The van der Waals surface area contributed by atoms with Crippen molar-refractivity contribution in [2.45, 2.75) is 27.3 Å². The van der Waals surface area contributed by atoms with Crippen LogP contribution in [0.25, 0.3) is 0 Å². The highest BCUT2D eigenvalue weighted by Crippen LogP contribution is 2.31. The van der Waals surface area contributed by atoms with Crippen LogP contribution >= 0.6 is 0 Å². The van der Waals surface area contributed by atoms with Crippen molar-refractivity contribution in [1.29, 1.82) is 0 Å². The first-order valence-electron chi connectivity index (χ1n) is 7.41. The van der Waals surface area contributed by atoms with Gasteiger partial charge in [-0.2, -0.15) is 0 Å². The molecule has 0 aliphatic carbocycles. The first kappa shape index (κ1) is 15.2. The maximum Gasteiger partial charge on any atom is 0.162 e. The minimum Gasteiger partial charge on any atom is -0.504 e. The predicted octanol–water partition coefficient (Wildman–Crippen LogP) is 4.13. The van der Waals surface area contributed by atoms with E-state index in [0.29, 0.717) is 18.9 Å². The molecule has 0 aromatic heterocycles. The Labute approximate surface area is 126 Å². The minimum atomic E-state index is 0.241. The zero-order valence-electron chi connectivity index (χ0n) is 13.0. The summed E-state index contributed by atoms with van der Waals surface area (Å²) < 4.78 is 5.45. The molecule has 112 valence electrons. The summed E-state index contributed by atoms with van der Waals surface area (Å²) in [6.45, 7) is 8.20. The molecule has 2 aromatic rings. The SMILES string of the molecule is CCOc1cccc(CN(CC)c2cccc(C)c2)c1O. The zero-order valence-corrected chi connectivity index (χ0v) is 13.0. The number of nitrogens with zero attached hydrogens (tertiary/aromatic N) is 1. The first-order valence-corrected chi connectivity index (χ1v) is 7.41. The maximum absolute atomic E-state index is 10.3. The average Bonchev–Trinajstić information content (AvgIpc) is 2.48. The summed E-state index contributed by atoms with van der Waals surface area (Å²) in [7, 11) is 0. The van der Waals surface area contributed by atoms with Gasteiger partial charge in [0.2, 0.25) is 0 Å². The quantitative estimate of drug-likeness (QED) is 0.866. The van der Waals surface area contributed by atoms with Gasteiger partial charge in [-0.15, -0.1) is 0 Å². The number of anilines is 1. The molecule has 0 spiro atoms. The normalized spacial score (nSPS) is 10.4. The van der Waals surface area contributed by atoms with Crippen molar-refractivity contribution < 1.29 is 9.84 Å². The van der Waals surface area contributed by atoms with E-state index in [-0.39, 0.29) is 5.75 Å². The summed E-state index contributed by atoms with van der Waals surface area (Å²) in [4.78, 5) is 2.23. The monoisotopic (exact) mass is 285 g/mol. The highest BCUT2D eigenvalue weighted by Gasteiger charge is 2.12. The Hall–Kier alpha value is -2.16. The molecule has 0 radical (unpaired) electrons. The summed E-state index contributed by atoms with van der Waals surface area (Å²) in [6, 6.07) is 14.1. The van der Waals surface area contributed by atoms with Gasteiger partial charge in [-0.25, -0.2) is 0 Å². The smallest absolute Gasteiger partial charge is 0.162 e. The van der Waals surface area contributed by atoms with E-state index >= 15 is 0 Å². The summed E-state index contributed by atoms with van der Waals surface area (Å²) in [5.41, 5.74) is 3.28.